The highest BCUT2D eigenvalue weighted by atomic mass is 16.5. The first-order chi connectivity index (χ1) is 13.0. The van der Waals surface area contributed by atoms with E-state index in [0.29, 0.717) is 5.69 Å². The van der Waals surface area contributed by atoms with Crippen LogP contribution in [0.3, 0.4) is 0 Å². The van der Waals surface area contributed by atoms with Crippen molar-refractivity contribution in [1.82, 2.24) is 15.1 Å². The summed E-state index contributed by atoms with van der Waals surface area (Å²) < 4.78 is 6.41. The second kappa shape index (κ2) is 7.86. The maximum Gasteiger partial charge on any atom is 0.276 e. The molecule has 0 radical (unpaired) electrons. The maximum atomic E-state index is 12.8. The third kappa shape index (κ3) is 4.06. The minimum atomic E-state index is -0.413. The molecule has 3 rings (SSSR count). The second-order valence-corrected chi connectivity index (χ2v) is 6.25. The third-order valence-electron chi connectivity index (χ3n) is 4.26. The lowest BCUT2D eigenvalue weighted by Gasteiger charge is -2.16. The van der Waals surface area contributed by atoms with Crippen LogP contribution in [0.15, 0.2) is 65.5 Å². The van der Waals surface area contributed by atoms with Gasteiger partial charge in [0.1, 0.15) is 0 Å². The van der Waals surface area contributed by atoms with E-state index in [2.05, 4.69) is 10.4 Å². The number of hydrogen-bond acceptors (Lipinski definition) is 4. The molecule has 138 valence electrons. The van der Waals surface area contributed by atoms with Gasteiger partial charge < -0.3 is 10.1 Å². The summed E-state index contributed by atoms with van der Waals surface area (Å²) in [7, 11) is 1.41. The maximum absolute atomic E-state index is 12.8. The van der Waals surface area contributed by atoms with Crippen molar-refractivity contribution in [1.29, 1.82) is 0 Å². The number of benzene rings is 2. The van der Waals surface area contributed by atoms with Gasteiger partial charge in [0, 0.05) is 0 Å². The standard InChI is InChI=1S/C21H21N3O3/c1-14-9-11-17(12-10-14)24-19(25)13-18(27-3)20(23-24)21(26)22-15(2)16-7-5-4-6-8-16/h4-13,15H,1-3H3,(H,22,26)/t15-/m1/s1. The average molecular weight is 363 g/mol. The van der Waals surface area contributed by atoms with Gasteiger partial charge in [-0.1, -0.05) is 48.0 Å². The molecule has 0 aliphatic carbocycles. The second-order valence-electron chi connectivity index (χ2n) is 6.25. The van der Waals surface area contributed by atoms with Gasteiger partial charge >= 0.3 is 0 Å². The highest BCUT2D eigenvalue weighted by molar-refractivity contribution is 5.95. The Hall–Kier alpha value is -3.41. The lowest BCUT2D eigenvalue weighted by Crippen LogP contribution is -2.31. The first-order valence-electron chi connectivity index (χ1n) is 8.61. The number of aromatic nitrogens is 2. The van der Waals surface area contributed by atoms with E-state index in [-0.39, 0.29) is 23.0 Å². The number of rotatable bonds is 5. The van der Waals surface area contributed by atoms with Gasteiger partial charge in [-0.2, -0.15) is 9.78 Å². The van der Waals surface area contributed by atoms with Crippen molar-refractivity contribution in [2.75, 3.05) is 7.11 Å². The largest absolute Gasteiger partial charge is 0.494 e. The highest BCUT2D eigenvalue weighted by Gasteiger charge is 2.20. The fourth-order valence-electron chi connectivity index (χ4n) is 2.71. The van der Waals surface area contributed by atoms with Crippen LogP contribution in [0, 0.1) is 6.92 Å². The van der Waals surface area contributed by atoms with Crippen molar-refractivity contribution in [3.05, 3.63) is 87.8 Å². The molecule has 0 aliphatic heterocycles. The zero-order valence-electron chi connectivity index (χ0n) is 15.5. The molecule has 3 aromatic rings. The van der Waals surface area contributed by atoms with Crippen molar-refractivity contribution >= 4 is 5.91 Å². The number of aryl methyl sites for hydroxylation is 1. The van der Waals surface area contributed by atoms with Gasteiger partial charge in [-0.25, -0.2) is 0 Å². The zero-order valence-corrected chi connectivity index (χ0v) is 15.5. The summed E-state index contributed by atoms with van der Waals surface area (Å²) in [4.78, 5) is 25.2. The van der Waals surface area contributed by atoms with E-state index in [9.17, 15) is 9.59 Å². The van der Waals surface area contributed by atoms with Crippen LogP contribution in [-0.2, 0) is 0 Å². The predicted molar refractivity (Wildman–Crippen MR) is 103 cm³/mol. The van der Waals surface area contributed by atoms with Crippen LogP contribution in [0.5, 0.6) is 5.75 Å². The SMILES string of the molecule is COc1cc(=O)n(-c2ccc(C)cc2)nc1C(=O)N[C@H](C)c1ccccc1. The zero-order chi connectivity index (χ0) is 19.4. The number of nitrogens with one attached hydrogen (secondary N) is 1. The Morgan fingerprint density at radius 3 is 2.41 bits per heavy atom. The summed E-state index contributed by atoms with van der Waals surface area (Å²) in [6.45, 7) is 3.84. The van der Waals surface area contributed by atoms with Crippen molar-refractivity contribution in [3.63, 3.8) is 0 Å². The molecule has 1 amide bonds. The van der Waals surface area contributed by atoms with Crippen LogP contribution in [0.1, 0.15) is 34.6 Å². The summed E-state index contributed by atoms with van der Waals surface area (Å²) in [5, 5.41) is 7.15. The van der Waals surface area contributed by atoms with Gasteiger partial charge in [0.15, 0.2) is 11.4 Å². The van der Waals surface area contributed by atoms with Crippen molar-refractivity contribution in [2.24, 2.45) is 0 Å². The predicted octanol–water partition coefficient (Wildman–Crippen LogP) is 3.04. The number of methoxy groups -OCH3 is 1. The molecule has 0 saturated heterocycles. The van der Waals surface area contributed by atoms with Crippen LogP contribution in [0.2, 0.25) is 0 Å². The van der Waals surface area contributed by atoms with Gasteiger partial charge in [0.25, 0.3) is 11.5 Å². The molecule has 1 heterocycles. The van der Waals surface area contributed by atoms with Gasteiger partial charge in [-0.3, -0.25) is 9.59 Å². The number of amides is 1. The smallest absolute Gasteiger partial charge is 0.276 e. The summed E-state index contributed by atoms with van der Waals surface area (Å²) in [5.74, 6) is -0.273. The van der Waals surface area contributed by atoms with Crippen LogP contribution < -0.4 is 15.6 Å². The van der Waals surface area contributed by atoms with E-state index in [4.69, 9.17) is 4.74 Å². The molecule has 0 aliphatic rings. The molecule has 0 bridgehead atoms. The molecule has 2 aromatic carbocycles. The molecular weight excluding hydrogens is 342 g/mol. The van der Waals surface area contributed by atoms with Crippen LogP contribution in [0.25, 0.3) is 5.69 Å². The van der Waals surface area contributed by atoms with E-state index in [1.54, 1.807) is 12.1 Å². The summed E-state index contributed by atoms with van der Waals surface area (Å²) in [6.07, 6.45) is 0. The highest BCUT2D eigenvalue weighted by Crippen LogP contribution is 2.17. The molecule has 6 heteroatoms. The Morgan fingerprint density at radius 1 is 1.11 bits per heavy atom. The number of hydrogen-bond donors (Lipinski definition) is 1. The van der Waals surface area contributed by atoms with Crippen molar-refractivity contribution < 1.29 is 9.53 Å². The number of carbonyl (C=O) groups excluding carboxylic acids is 1. The molecule has 6 nitrogen and oxygen atoms in total. The molecule has 0 spiro atoms. The fraction of sp³-hybridized carbons (Fsp3) is 0.190. The molecule has 0 unspecified atom stereocenters. The van der Waals surface area contributed by atoms with Crippen molar-refractivity contribution in [2.45, 2.75) is 19.9 Å². The van der Waals surface area contributed by atoms with Crippen LogP contribution in [-0.4, -0.2) is 22.8 Å². The Morgan fingerprint density at radius 2 is 1.78 bits per heavy atom. The Labute approximate surface area is 157 Å². The minimum Gasteiger partial charge on any atom is -0.494 e. The number of carbonyl (C=O) groups is 1. The summed E-state index contributed by atoms with van der Waals surface area (Å²) in [6, 6.07) is 18.0. The van der Waals surface area contributed by atoms with Crippen LogP contribution in [0.4, 0.5) is 0 Å². The molecule has 1 atom stereocenters. The topological polar surface area (TPSA) is 73.2 Å². The Kier molecular flexibility index (Phi) is 5.35. The molecule has 0 saturated carbocycles. The van der Waals surface area contributed by atoms with Crippen LogP contribution >= 0.6 is 0 Å². The summed E-state index contributed by atoms with van der Waals surface area (Å²) in [5.41, 5.74) is 2.30. The Balaban J connectivity index is 1.96. The Bertz CT molecular complexity index is 995. The first kappa shape index (κ1) is 18.4. The molecule has 1 aromatic heterocycles. The molecular formula is C21H21N3O3. The minimum absolute atomic E-state index is 0.0560. The summed E-state index contributed by atoms with van der Waals surface area (Å²) >= 11 is 0. The van der Waals surface area contributed by atoms with Gasteiger partial charge in [-0.15, -0.1) is 0 Å². The number of nitrogens with zero attached hydrogens (tertiary/aromatic N) is 2. The fourth-order valence-corrected chi connectivity index (χ4v) is 2.71. The number of ether oxygens (including phenoxy) is 1. The third-order valence-corrected chi connectivity index (χ3v) is 4.26. The molecule has 0 fully saturated rings. The normalized spacial score (nSPS) is 11.7. The molecule has 27 heavy (non-hydrogen) atoms. The van der Waals surface area contributed by atoms with Crippen molar-refractivity contribution in [3.8, 4) is 11.4 Å². The lowest BCUT2D eigenvalue weighted by molar-refractivity contribution is 0.0929. The van der Waals surface area contributed by atoms with Gasteiger partial charge in [0.05, 0.1) is 24.9 Å². The van der Waals surface area contributed by atoms with E-state index < -0.39 is 5.91 Å². The van der Waals surface area contributed by atoms with E-state index >= 15 is 0 Å². The van der Waals surface area contributed by atoms with Gasteiger partial charge in [0.2, 0.25) is 0 Å². The average Bonchev–Trinajstić information content (AvgIpc) is 2.69. The van der Waals surface area contributed by atoms with E-state index in [1.807, 2.05) is 56.3 Å². The first-order valence-corrected chi connectivity index (χ1v) is 8.61. The lowest BCUT2D eigenvalue weighted by atomic mass is 10.1. The van der Waals surface area contributed by atoms with Gasteiger partial charge in [-0.05, 0) is 31.5 Å². The molecule has 1 N–H and O–H groups in total. The van der Waals surface area contributed by atoms with E-state index in [1.165, 1.54) is 17.9 Å². The monoisotopic (exact) mass is 363 g/mol. The quantitative estimate of drug-likeness (QED) is 0.756. The van der Waals surface area contributed by atoms with E-state index in [0.717, 1.165) is 11.1 Å².